The Labute approximate surface area is 120 Å². The number of aryl methyl sites for hydroxylation is 2. The molecule has 1 N–H and O–H groups in total. The lowest BCUT2D eigenvalue weighted by atomic mass is 10.0. The highest BCUT2D eigenvalue weighted by Gasteiger charge is 2.34. The van der Waals surface area contributed by atoms with E-state index >= 15 is 0 Å². The minimum absolute atomic E-state index is 0.0319. The van der Waals surface area contributed by atoms with Crippen LogP contribution in [-0.2, 0) is 6.42 Å². The number of carbonyl (C=O) groups excluding carboxylic acids is 1. The van der Waals surface area contributed by atoms with Crippen LogP contribution in [0.15, 0.2) is 4.52 Å². The second-order valence-corrected chi connectivity index (χ2v) is 5.57. The predicted molar refractivity (Wildman–Crippen MR) is 77.6 cm³/mol. The van der Waals surface area contributed by atoms with Crippen LogP contribution in [0.4, 0.5) is 4.79 Å². The summed E-state index contributed by atoms with van der Waals surface area (Å²) in [6, 6.07) is 0.350. The average molecular weight is 279 g/mol. The summed E-state index contributed by atoms with van der Waals surface area (Å²) >= 11 is 0. The Morgan fingerprint density at radius 2 is 2.30 bits per heavy atom. The number of likely N-dealkylation sites (tertiary alicyclic amines) is 1. The predicted octanol–water partition coefficient (Wildman–Crippen LogP) is 3.19. The van der Waals surface area contributed by atoms with Gasteiger partial charge in [-0.1, -0.05) is 19.0 Å². The zero-order valence-electron chi connectivity index (χ0n) is 12.9. The molecule has 0 spiro atoms. The summed E-state index contributed by atoms with van der Waals surface area (Å²) in [6.07, 6.45) is 3.78. The summed E-state index contributed by atoms with van der Waals surface area (Å²) in [7, 11) is 0. The van der Waals surface area contributed by atoms with Crippen molar-refractivity contribution in [1.82, 2.24) is 15.4 Å². The van der Waals surface area contributed by atoms with E-state index < -0.39 is 0 Å². The Morgan fingerprint density at radius 1 is 1.55 bits per heavy atom. The third-order valence-corrected chi connectivity index (χ3v) is 4.13. The first-order valence-corrected chi connectivity index (χ1v) is 7.60. The normalized spacial score (nSPS) is 20.2. The first-order valence-electron chi connectivity index (χ1n) is 7.60. The minimum Gasteiger partial charge on any atom is -0.361 e. The molecule has 5 heteroatoms. The lowest BCUT2D eigenvalue weighted by Crippen LogP contribution is -2.43. The molecule has 20 heavy (non-hydrogen) atoms. The maximum atomic E-state index is 12.4. The topological polar surface area (TPSA) is 58.4 Å². The Kier molecular flexibility index (Phi) is 4.68. The Morgan fingerprint density at radius 3 is 2.95 bits per heavy atom. The molecule has 1 fully saturated rings. The molecular formula is C15H25N3O2. The SMILES string of the molecule is CCc1onc(C)c1[C@@H]1CCCN1C(=O)N[C@H](C)CC. The summed E-state index contributed by atoms with van der Waals surface area (Å²) in [5.74, 6) is 0.913. The van der Waals surface area contributed by atoms with Gasteiger partial charge >= 0.3 is 6.03 Å². The van der Waals surface area contributed by atoms with Crippen molar-refractivity contribution in [2.24, 2.45) is 0 Å². The van der Waals surface area contributed by atoms with Crippen LogP contribution in [-0.4, -0.2) is 28.7 Å². The number of hydrogen-bond acceptors (Lipinski definition) is 3. The zero-order valence-corrected chi connectivity index (χ0v) is 12.9. The zero-order chi connectivity index (χ0) is 14.7. The van der Waals surface area contributed by atoms with Crippen molar-refractivity contribution in [3.05, 3.63) is 17.0 Å². The minimum atomic E-state index is 0.0319. The Bertz CT molecular complexity index is 470. The van der Waals surface area contributed by atoms with Gasteiger partial charge in [0.15, 0.2) is 0 Å². The molecule has 0 bridgehead atoms. The number of amides is 2. The molecule has 1 aliphatic heterocycles. The first-order chi connectivity index (χ1) is 9.58. The van der Waals surface area contributed by atoms with Crippen LogP contribution in [0.3, 0.4) is 0 Å². The molecule has 1 aromatic heterocycles. The monoisotopic (exact) mass is 279 g/mol. The van der Waals surface area contributed by atoms with E-state index in [0.717, 1.165) is 49.2 Å². The van der Waals surface area contributed by atoms with Crippen LogP contribution in [0, 0.1) is 6.92 Å². The van der Waals surface area contributed by atoms with E-state index in [0.29, 0.717) is 0 Å². The summed E-state index contributed by atoms with van der Waals surface area (Å²) in [6.45, 7) is 8.93. The van der Waals surface area contributed by atoms with Crippen molar-refractivity contribution >= 4 is 6.03 Å². The highest BCUT2D eigenvalue weighted by atomic mass is 16.5. The van der Waals surface area contributed by atoms with Gasteiger partial charge in [-0.3, -0.25) is 0 Å². The molecule has 0 aliphatic carbocycles. The van der Waals surface area contributed by atoms with Crippen molar-refractivity contribution in [3.8, 4) is 0 Å². The molecule has 2 amide bonds. The van der Waals surface area contributed by atoms with Gasteiger partial charge in [-0.25, -0.2) is 4.79 Å². The van der Waals surface area contributed by atoms with Crippen LogP contribution >= 0.6 is 0 Å². The summed E-state index contributed by atoms with van der Waals surface area (Å²) < 4.78 is 5.38. The van der Waals surface area contributed by atoms with Gasteiger partial charge in [-0.2, -0.15) is 0 Å². The third-order valence-electron chi connectivity index (χ3n) is 4.13. The highest BCUT2D eigenvalue weighted by molar-refractivity contribution is 5.75. The standard InChI is InChI=1S/C15H25N3O2/c1-5-10(3)16-15(19)18-9-7-8-12(18)14-11(4)17-20-13(14)6-2/h10,12H,5-9H2,1-4H3,(H,16,19)/t10-,12+/m1/s1. The van der Waals surface area contributed by atoms with Crippen molar-refractivity contribution in [1.29, 1.82) is 0 Å². The number of nitrogens with zero attached hydrogens (tertiary/aromatic N) is 2. The molecule has 0 unspecified atom stereocenters. The van der Waals surface area contributed by atoms with Gasteiger partial charge in [-0.15, -0.1) is 0 Å². The maximum Gasteiger partial charge on any atom is 0.318 e. The number of carbonyl (C=O) groups is 1. The highest BCUT2D eigenvalue weighted by Crippen LogP contribution is 2.35. The van der Waals surface area contributed by atoms with Gasteiger partial charge in [0.05, 0.1) is 11.7 Å². The number of aromatic nitrogens is 1. The van der Waals surface area contributed by atoms with Crippen molar-refractivity contribution in [2.45, 2.75) is 65.5 Å². The van der Waals surface area contributed by atoms with Gasteiger partial charge in [0, 0.05) is 24.6 Å². The van der Waals surface area contributed by atoms with E-state index in [1.807, 2.05) is 18.7 Å². The Balaban J connectivity index is 2.18. The van der Waals surface area contributed by atoms with Crippen molar-refractivity contribution in [2.75, 3.05) is 6.54 Å². The number of nitrogens with one attached hydrogen (secondary N) is 1. The molecule has 1 aliphatic rings. The summed E-state index contributed by atoms with van der Waals surface area (Å²) in [5.41, 5.74) is 2.03. The largest absolute Gasteiger partial charge is 0.361 e. The maximum absolute atomic E-state index is 12.4. The van der Waals surface area contributed by atoms with Crippen LogP contribution in [0.5, 0.6) is 0 Å². The average Bonchev–Trinajstić information content (AvgIpc) is 3.03. The van der Waals surface area contributed by atoms with Gasteiger partial charge in [0.1, 0.15) is 5.76 Å². The Hall–Kier alpha value is -1.52. The second-order valence-electron chi connectivity index (χ2n) is 5.57. The van der Waals surface area contributed by atoms with Crippen LogP contribution < -0.4 is 5.32 Å². The fourth-order valence-electron chi connectivity index (χ4n) is 2.81. The van der Waals surface area contributed by atoms with E-state index in [1.165, 1.54) is 0 Å². The molecule has 1 aromatic rings. The molecule has 2 rings (SSSR count). The second kappa shape index (κ2) is 6.29. The molecular weight excluding hydrogens is 254 g/mol. The molecule has 5 nitrogen and oxygen atoms in total. The number of rotatable bonds is 4. The van der Waals surface area contributed by atoms with E-state index in [2.05, 4.69) is 24.3 Å². The molecule has 112 valence electrons. The van der Waals surface area contributed by atoms with Gasteiger partial charge in [0.25, 0.3) is 0 Å². The van der Waals surface area contributed by atoms with Crippen LogP contribution in [0.25, 0.3) is 0 Å². The molecule has 0 radical (unpaired) electrons. The van der Waals surface area contributed by atoms with Crippen molar-refractivity contribution in [3.63, 3.8) is 0 Å². The quantitative estimate of drug-likeness (QED) is 0.920. The molecule has 2 heterocycles. The van der Waals surface area contributed by atoms with Crippen LogP contribution in [0.1, 0.15) is 63.1 Å². The molecule has 0 saturated carbocycles. The molecule has 1 saturated heterocycles. The smallest absolute Gasteiger partial charge is 0.318 e. The van der Waals surface area contributed by atoms with Gasteiger partial charge in [-0.05, 0) is 33.1 Å². The fraction of sp³-hybridized carbons (Fsp3) is 0.733. The van der Waals surface area contributed by atoms with Gasteiger partial charge < -0.3 is 14.7 Å². The summed E-state index contributed by atoms with van der Waals surface area (Å²) in [5, 5.41) is 7.13. The fourth-order valence-corrected chi connectivity index (χ4v) is 2.81. The van der Waals surface area contributed by atoms with Gasteiger partial charge in [0.2, 0.25) is 0 Å². The number of hydrogen-bond donors (Lipinski definition) is 1. The van der Waals surface area contributed by atoms with E-state index in [1.54, 1.807) is 0 Å². The van der Waals surface area contributed by atoms with Crippen LogP contribution in [0.2, 0.25) is 0 Å². The van der Waals surface area contributed by atoms with E-state index in [-0.39, 0.29) is 18.1 Å². The van der Waals surface area contributed by atoms with E-state index in [9.17, 15) is 4.79 Å². The van der Waals surface area contributed by atoms with Crippen molar-refractivity contribution < 1.29 is 9.32 Å². The molecule has 2 atom stereocenters. The summed E-state index contributed by atoms with van der Waals surface area (Å²) in [4.78, 5) is 14.3. The third kappa shape index (κ3) is 2.81. The van der Waals surface area contributed by atoms with E-state index in [4.69, 9.17) is 4.52 Å². The number of urea groups is 1. The molecule has 0 aromatic carbocycles. The lowest BCUT2D eigenvalue weighted by molar-refractivity contribution is 0.189. The lowest BCUT2D eigenvalue weighted by Gasteiger charge is -2.26. The first kappa shape index (κ1) is 14.9.